The van der Waals surface area contributed by atoms with Crippen molar-refractivity contribution in [1.29, 1.82) is 0 Å². The Morgan fingerprint density at radius 1 is 0.933 bits per heavy atom. The Labute approximate surface area is 89.4 Å². The fourth-order valence-electron chi connectivity index (χ4n) is 3.92. The number of hydrogen-bond donors (Lipinski definition) is 1. The van der Waals surface area contributed by atoms with Crippen LogP contribution in [0.15, 0.2) is 36.4 Å². The molecule has 4 aliphatic rings. The van der Waals surface area contributed by atoms with Crippen LogP contribution in [0.3, 0.4) is 0 Å². The molecular formula is C14H14O. The SMILES string of the molecule is OCC1[C@@H]2[C@H]1[C@@H]1C=C[C@H]2c2ccccc21. The normalized spacial score (nSPS) is 43.7. The predicted octanol–water partition coefficient (Wildman–Crippen LogP) is 2.29. The van der Waals surface area contributed by atoms with E-state index < -0.39 is 0 Å². The second-order valence-corrected chi connectivity index (χ2v) is 5.07. The molecular weight excluding hydrogens is 184 g/mol. The topological polar surface area (TPSA) is 20.2 Å². The van der Waals surface area contributed by atoms with Crippen LogP contribution in [0.2, 0.25) is 0 Å². The summed E-state index contributed by atoms with van der Waals surface area (Å²) in [6.07, 6.45) is 4.73. The minimum absolute atomic E-state index is 0.373. The van der Waals surface area contributed by atoms with Gasteiger partial charge in [-0.15, -0.1) is 0 Å². The monoisotopic (exact) mass is 198 g/mol. The molecule has 76 valence electrons. The van der Waals surface area contributed by atoms with Gasteiger partial charge in [-0.05, 0) is 28.9 Å². The van der Waals surface area contributed by atoms with Crippen LogP contribution in [0.5, 0.6) is 0 Å². The quantitative estimate of drug-likeness (QED) is 0.686. The van der Waals surface area contributed by atoms with Gasteiger partial charge in [0.25, 0.3) is 0 Å². The van der Waals surface area contributed by atoms with Gasteiger partial charge in [-0.3, -0.25) is 0 Å². The van der Waals surface area contributed by atoms with Crippen LogP contribution in [-0.2, 0) is 0 Å². The van der Waals surface area contributed by atoms with Crippen molar-refractivity contribution in [2.45, 2.75) is 11.8 Å². The van der Waals surface area contributed by atoms with E-state index in [0.717, 1.165) is 11.8 Å². The van der Waals surface area contributed by atoms with E-state index in [0.29, 0.717) is 24.4 Å². The fourth-order valence-corrected chi connectivity index (χ4v) is 3.92. The molecule has 4 aliphatic carbocycles. The molecule has 1 aromatic carbocycles. The van der Waals surface area contributed by atoms with Gasteiger partial charge in [0.05, 0.1) is 0 Å². The Bertz CT molecular complexity index is 409. The van der Waals surface area contributed by atoms with Crippen LogP contribution in [0.25, 0.3) is 0 Å². The van der Waals surface area contributed by atoms with Crippen molar-refractivity contribution < 1.29 is 5.11 Å². The minimum Gasteiger partial charge on any atom is -0.396 e. The zero-order chi connectivity index (χ0) is 9.99. The van der Waals surface area contributed by atoms with E-state index in [1.165, 1.54) is 11.1 Å². The molecule has 0 spiro atoms. The first-order chi connectivity index (χ1) is 7.42. The first-order valence-electron chi connectivity index (χ1n) is 5.80. The molecule has 1 fully saturated rings. The van der Waals surface area contributed by atoms with Crippen molar-refractivity contribution in [1.82, 2.24) is 0 Å². The highest BCUT2D eigenvalue weighted by Gasteiger charge is 2.61. The third kappa shape index (κ3) is 0.836. The standard InChI is InChI=1S/C14H14O/c15-7-12-13-10-5-6-11(14(12)13)9-4-2-1-3-8(9)10/h1-6,10-15H,7H2/t10-,11+,12?,13+,14-. The van der Waals surface area contributed by atoms with Gasteiger partial charge in [-0.25, -0.2) is 0 Å². The molecule has 0 saturated heterocycles. The third-order valence-corrected chi connectivity index (χ3v) is 4.57. The summed E-state index contributed by atoms with van der Waals surface area (Å²) in [5, 5.41) is 9.35. The lowest BCUT2D eigenvalue weighted by Gasteiger charge is -2.32. The van der Waals surface area contributed by atoms with Gasteiger partial charge in [0, 0.05) is 18.4 Å². The van der Waals surface area contributed by atoms with Gasteiger partial charge in [0.15, 0.2) is 0 Å². The van der Waals surface area contributed by atoms with Crippen LogP contribution >= 0.6 is 0 Å². The second kappa shape index (κ2) is 2.53. The summed E-state index contributed by atoms with van der Waals surface area (Å²) in [5.74, 6) is 3.21. The maximum Gasteiger partial charge on any atom is 0.0465 e. The van der Waals surface area contributed by atoms with E-state index in [4.69, 9.17) is 0 Å². The molecule has 1 saturated carbocycles. The molecule has 1 aromatic rings. The van der Waals surface area contributed by atoms with Crippen LogP contribution in [0.1, 0.15) is 23.0 Å². The van der Waals surface area contributed by atoms with Gasteiger partial charge in [0.2, 0.25) is 0 Å². The van der Waals surface area contributed by atoms with Crippen molar-refractivity contribution in [2.24, 2.45) is 17.8 Å². The molecule has 1 unspecified atom stereocenters. The van der Waals surface area contributed by atoms with Crippen molar-refractivity contribution in [3.05, 3.63) is 47.5 Å². The summed E-state index contributed by atoms with van der Waals surface area (Å²) in [7, 11) is 0. The van der Waals surface area contributed by atoms with Crippen molar-refractivity contribution in [3.8, 4) is 0 Å². The lowest BCUT2D eigenvalue weighted by atomic mass is 9.72. The van der Waals surface area contributed by atoms with E-state index >= 15 is 0 Å². The van der Waals surface area contributed by atoms with Gasteiger partial charge < -0.3 is 5.11 Å². The first kappa shape index (κ1) is 8.12. The van der Waals surface area contributed by atoms with Gasteiger partial charge in [-0.1, -0.05) is 36.4 Å². The molecule has 0 aromatic heterocycles. The summed E-state index contributed by atoms with van der Waals surface area (Å²) in [4.78, 5) is 0. The molecule has 0 amide bonds. The Hall–Kier alpha value is -1.08. The van der Waals surface area contributed by atoms with Crippen molar-refractivity contribution in [2.75, 3.05) is 6.61 Å². The predicted molar refractivity (Wildman–Crippen MR) is 58.6 cm³/mol. The summed E-state index contributed by atoms with van der Waals surface area (Å²) >= 11 is 0. The van der Waals surface area contributed by atoms with Gasteiger partial charge in [-0.2, -0.15) is 0 Å². The summed E-state index contributed by atoms with van der Waals surface area (Å²) in [6, 6.07) is 8.80. The second-order valence-electron chi connectivity index (χ2n) is 5.07. The Balaban J connectivity index is 1.88. The van der Waals surface area contributed by atoms with Crippen LogP contribution < -0.4 is 0 Å². The number of benzene rings is 1. The van der Waals surface area contributed by atoms with E-state index in [1.807, 2.05) is 0 Å². The lowest BCUT2D eigenvalue weighted by Crippen LogP contribution is -2.19. The molecule has 1 nitrogen and oxygen atoms in total. The van der Waals surface area contributed by atoms with E-state index in [2.05, 4.69) is 36.4 Å². The number of aliphatic hydroxyl groups is 1. The zero-order valence-corrected chi connectivity index (χ0v) is 8.51. The maximum absolute atomic E-state index is 9.35. The average Bonchev–Trinajstić information content (AvgIpc) is 3.05. The minimum atomic E-state index is 0.373. The molecule has 1 heteroatoms. The largest absolute Gasteiger partial charge is 0.396 e. The number of allylic oxidation sites excluding steroid dienone is 2. The average molecular weight is 198 g/mol. The number of rotatable bonds is 1. The molecule has 1 N–H and O–H groups in total. The highest BCUT2D eigenvalue weighted by Crippen LogP contribution is 2.67. The van der Waals surface area contributed by atoms with Gasteiger partial charge in [0.1, 0.15) is 0 Å². The molecule has 0 heterocycles. The highest BCUT2D eigenvalue weighted by atomic mass is 16.3. The lowest BCUT2D eigenvalue weighted by molar-refractivity contribution is 0.262. The summed E-state index contributed by atoms with van der Waals surface area (Å²) in [5.41, 5.74) is 3.03. The van der Waals surface area contributed by atoms with Gasteiger partial charge >= 0.3 is 0 Å². The molecule has 2 bridgehead atoms. The maximum atomic E-state index is 9.35. The van der Waals surface area contributed by atoms with Crippen molar-refractivity contribution in [3.63, 3.8) is 0 Å². The van der Waals surface area contributed by atoms with Crippen LogP contribution in [0, 0.1) is 17.8 Å². The first-order valence-corrected chi connectivity index (χ1v) is 5.80. The smallest absolute Gasteiger partial charge is 0.0465 e. The zero-order valence-electron chi connectivity index (χ0n) is 8.51. The molecule has 15 heavy (non-hydrogen) atoms. The molecule has 5 rings (SSSR count). The molecule has 0 aliphatic heterocycles. The van der Waals surface area contributed by atoms with E-state index in [-0.39, 0.29) is 0 Å². The Morgan fingerprint density at radius 2 is 1.47 bits per heavy atom. The van der Waals surface area contributed by atoms with Crippen molar-refractivity contribution >= 4 is 0 Å². The summed E-state index contributed by atoms with van der Waals surface area (Å²) in [6.45, 7) is 0.373. The number of aliphatic hydroxyl groups excluding tert-OH is 1. The van der Waals surface area contributed by atoms with E-state index in [1.54, 1.807) is 0 Å². The molecule has 5 atom stereocenters. The van der Waals surface area contributed by atoms with Crippen LogP contribution in [0.4, 0.5) is 0 Å². The highest BCUT2D eigenvalue weighted by molar-refractivity contribution is 5.49. The number of hydrogen-bond acceptors (Lipinski definition) is 1. The third-order valence-electron chi connectivity index (χ3n) is 4.57. The Morgan fingerprint density at radius 3 is 1.93 bits per heavy atom. The fraction of sp³-hybridized carbons (Fsp3) is 0.429. The van der Waals surface area contributed by atoms with E-state index in [9.17, 15) is 5.11 Å². The van der Waals surface area contributed by atoms with Crippen LogP contribution in [-0.4, -0.2) is 11.7 Å². The molecule has 0 radical (unpaired) electrons. The summed E-state index contributed by atoms with van der Waals surface area (Å²) < 4.78 is 0. The Kier molecular flexibility index (Phi) is 1.37.